The Balaban J connectivity index is 2.64. The molecule has 0 bridgehead atoms. The van der Waals surface area contributed by atoms with Gasteiger partial charge in [-0.25, -0.2) is 4.79 Å². The van der Waals surface area contributed by atoms with Crippen molar-refractivity contribution in [1.82, 2.24) is 0 Å². The number of esters is 2. The Kier molecular flexibility index (Phi) is 4.26. The standard InChI is InChI=1S/C10H18N2O4/c1-7-5-15-8(13)3-2-4-10(11,12)9(14)16-6-7/h7H,2-6,11-12H2,1H3. The lowest BCUT2D eigenvalue weighted by molar-refractivity contribution is -0.152. The molecule has 0 aromatic carbocycles. The molecule has 1 aliphatic heterocycles. The Hall–Kier alpha value is -1.14. The van der Waals surface area contributed by atoms with E-state index in [9.17, 15) is 9.59 Å². The van der Waals surface area contributed by atoms with Crippen LogP contribution in [-0.4, -0.2) is 30.8 Å². The first kappa shape index (κ1) is 12.9. The molecule has 0 aliphatic carbocycles. The Morgan fingerprint density at radius 1 is 1.25 bits per heavy atom. The highest BCUT2D eigenvalue weighted by atomic mass is 16.5. The number of cyclic esters (lactones) is 2. The molecule has 1 aliphatic rings. The Morgan fingerprint density at radius 2 is 1.88 bits per heavy atom. The van der Waals surface area contributed by atoms with Crippen LogP contribution in [0.5, 0.6) is 0 Å². The summed E-state index contributed by atoms with van der Waals surface area (Å²) in [4.78, 5) is 22.7. The van der Waals surface area contributed by atoms with Crippen molar-refractivity contribution in [2.45, 2.75) is 31.8 Å². The van der Waals surface area contributed by atoms with Gasteiger partial charge in [-0.05, 0) is 12.8 Å². The van der Waals surface area contributed by atoms with E-state index in [4.69, 9.17) is 20.9 Å². The molecule has 6 nitrogen and oxygen atoms in total. The maximum atomic E-state index is 11.5. The zero-order valence-corrected chi connectivity index (χ0v) is 9.40. The monoisotopic (exact) mass is 230 g/mol. The van der Waals surface area contributed by atoms with Crippen LogP contribution in [0.2, 0.25) is 0 Å². The van der Waals surface area contributed by atoms with Crippen LogP contribution in [0, 0.1) is 5.92 Å². The second-order valence-corrected chi connectivity index (χ2v) is 4.28. The molecule has 1 unspecified atom stereocenters. The molecule has 1 saturated heterocycles. The molecule has 6 heteroatoms. The average molecular weight is 230 g/mol. The van der Waals surface area contributed by atoms with Crippen LogP contribution in [0.1, 0.15) is 26.2 Å². The summed E-state index contributed by atoms with van der Waals surface area (Å²) < 4.78 is 9.93. The first-order chi connectivity index (χ1) is 7.42. The van der Waals surface area contributed by atoms with Crippen molar-refractivity contribution < 1.29 is 19.1 Å². The van der Waals surface area contributed by atoms with E-state index in [0.717, 1.165) is 0 Å². The number of carbonyl (C=O) groups excluding carboxylic acids is 2. The third-order valence-electron chi connectivity index (χ3n) is 2.38. The van der Waals surface area contributed by atoms with Crippen LogP contribution in [0.15, 0.2) is 0 Å². The summed E-state index contributed by atoms with van der Waals surface area (Å²) in [6.07, 6.45) is 0.834. The highest BCUT2D eigenvalue weighted by molar-refractivity contribution is 5.79. The van der Waals surface area contributed by atoms with Gasteiger partial charge in [0.25, 0.3) is 0 Å². The topological polar surface area (TPSA) is 105 Å². The fourth-order valence-electron chi connectivity index (χ4n) is 1.34. The summed E-state index contributed by atoms with van der Waals surface area (Å²) in [7, 11) is 0. The summed E-state index contributed by atoms with van der Waals surface area (Å²) >= 11 is 0. The lowest BCUT2D eigenvalue weighted by atomic mass is 10.0. The number of hydrogen-bond donors (Lipinski definition) is 2. The van der Waals surface area contributed by atoms with Crippen molar-refractivity contribution >= 4 is 11.9 Å². The third-order valence-corrected chi connectivity index (χ3v) is 2.38. The number of rotatable bonds is 0. The van der Waals surface area contributed by atoms with Crippen molar-refractivity contribution in [3.05, 3.63) is 0 Å². The third kappa shape index (κ3) is 3.79. The molecule has 4 N–H and O–H groups in total. The molecule has 1 fully saturated rings. The molecule has 16 heavy (non-hydrogen) atoms. The average Bonchev–Trinajstić information content (AvgIpc) is 2.22. The molecule has 1 heterocycles. The molecule has 0 aromatic heterocycles. The van der Waals surface area contributed by atoms with Gasteiger partial charge in [0.05, 0.1) is 13.2 Å². The fraction of sp³-hybridized carbons (Fsp3) is 0.800. The first-order valence-electron chi connectivity index (χ1n) is 5.32. The summed E-state index contributed by atoms with van der Waals surface area (Å²) in [5.41, 5.74) is 9.70. The van der Waals surface area contributed by atoms with Crippen LogP contribution in [-0.2, 0) is 19.1 Å². The maximum absolute atomic E-state index is 11.5. The molecule has 0 saturated carbocycles. The molecular weight excluding hydrogens is 212 g/mol. The number of nitrogens with two attached hydrogens (primary N) is 2. The van der Waals surface area contributed by atoms with E-state index in [1.54, 1.807) is 0 Å². The molecular formula is C10H18N2O4. The Labute approximate surface area is 94.2 Å². The van der Waals surface area contributed by atoms with E-state index < -0.39 is 11.6 Å². The Morgan fingerprint density at radius 3 is 2.56 bits per heavy atom. The summed E-state index contributed by atoms with van der Waals surface area (Å²) in [6, 6.07) is 0. The minimum atomic E-state index is -1.51. The van der Waals surface area contributed by atoms with Gasteiger partial charge in [-0.1, -0.05) is 6.92 Å². The molecule has 0 radical (unpaired) electrons. The minimum Gasteiger partial charge on any atom is -0.465 e. The van der Waals surface area contributed by atoms with Gasteiger partial charge < -0.3 is 20.9 Å². The highest BCUT2D eigenvalue weighted by Crippen LogP contribution is 2.11. The van der Waals surface area contributed by atoms with Gasteiger partial charge in [0.1, 0.15) is 0 Å². The molecule has 0 amide bonds. The molecule has 0 spiro atoms. The maximum Gasteiger partial charge on any atom is 0.340 e. The fourth-order valence-corrected chi connectivity index (χ4v) is 1.34. The van der Waals surface area contributed by atoms with Gasteiger partial charge in [-0.3, -0.25) is 4.79 Å². The van der Waals surface area contributed by atoms with Crippen LogP contribution in [0.3, 0.4) is 0 Å². The lowest BCUT2D eigenvalue weighted by Crippen LogP contribution is -2.57. The van der Waals surface area contributed by atoms with Gasteiger partial charge in [-0.15, -0.1) is 0 Å². The van der Waals surface area contributed by atoms with Crippen LogP contribution < -0.4 is 11.5 Å². The SMILES string of the molecule is CC1COC(=O)CCCC(N)(N)C(=O)OC1. The number of hydrogen-bond acceptors (Lipinski definition) is 6. The van der Waals surface area contributed by atoms with Crippen LogP contribution in [0.4, 0.5) is 0 Å². The lowest BCUT2D eigenvalue weighted by Gasteiger charge is -2.22. The smallest absolute Gasteiger partial charge is 0.340 e. The molecule has 1 rings (SSSR count). The first-order valence-corrected chi connectivity index (χ1v) is 5.32. The van der Waals surface area contributed by atoms with Crippen LogP contribution in [0.25, 0.3) is 0 Å². The van der Waals surface area contributed by atoms with Gasteiger partial charge in [0.2, 0.25) is 0 Å². The van der Waals surface area contributed by atoms with Gasteiger partial charge in [-0.2, -0.15) is 0 Å². The molecule has 1 atom stereocenters. The normalized spacial score (nSPS) is 27.6. The minimum absolute atomic E-state index is 0.0539. The van der Waals surface area contributed by atoms with E-state index in [1.807, 2.05) is 6.92 Å². The quantitative estimate of drug-likeness (QED) is 0.429. The van der Waals surface area contributed by atoms with Crippen molar-refractivity contribution in [1.29, 1.82) is 0 Å². The van der Waals surface area contributed by atoms with Crippen molar-refractivity contribution in [2.75, 3.05) is 13.2 Å². The zero-order valence-electron chi connectivity index (χ0n) is 9.40. The molecule has 92 valence electrons. The van der Waals surface area contributed by atoms with Crippen molar-refractivity contribution in [2.24, 2.45) is 17.4 Å². The number of ether oxygens (including phenoxy) is 2. The van der Waals surface area contributed by atoms with E-state index in [2.05, 4.69) is 0 Å². The van der Waals surface area contributed by atoms with Crippen LogP contribution >= 0.6 is 0 Å². The second-order valence-electron chi connectivity index (χ2n) is 4.28. The highest BCUT2D eigenvalue weighted by Gasteiger charge is 2.31. The van der Waals surface area contributed by atoms with Crippen molar-refractivity contribution in [3.63, 3.8) is 0 Å². The van der Waals surface area contributed by atoms with E-state index in [0.29, 0.717) is 6.42 Å². The van der Waals surface area contributed by atoms with Gasteiger partial charge >= 0.3 is 11.9 Å². The van der Waals surface area contributed by atoms with E-state index >= 15 is 0 Å². The second kappa shape index (κ2) is 5.27. The van der Waals surface area contributed by atoms with Gasteiger partial charge in [0, 0.05) is 12.3 Å². The predicted molar refractivity (Wildman–Crippen MR) is 56.0 cm³/mol. The van der Waals surface area contributed by atoms with Crippen molar-refractivity contribution in [3.8, 4) is 0 Å². The zero-order chi connectivity index (χ0) is 12.2. The largest absolute Gasteiger partial charge is 0.465 e. The number of carbonyl (C=O) groups is 2. The van der Waals surface area contributed by atoms with E-state index in [1.165, 1.54) is 0 Å². The van der Waals surface area contributed by atoms with E-state index in [-0.39, 0.29) is 37.9 Å². The van der Waals surface area contributed by atoms with Gasteiger partial charge in [0.15, 0.2) is 5.66 Å². The molecule has 0 aromatic rings. The predicted octanol–water partition coefficient (Wildman–Crippen LogP) is -0.493. The summed E-state index contributed by atoms with van der Waals surface area (Å²) in [6.45, 7) is 2.21. The summed E-state index contributed by atoms with van der Waals surface area (Å²) in [5, 5.41) is 0. The Bertz CT molecular complexity index is 278. The summed E-state index contributed by atoms with van der Waals surface area (Å²) in [5.74, 6) is -0.979.